The number of esters is 1. The number of hydrogen-bond donors (Lipinski definition) is 1. The standard InChI is InChI=1S/C19H24O4/c1-18(2)15-5-4-10-6-11-7-16(21)23-14(11)8-12(10)19(15,3)9-13(20)17(18)22/h6-7,12,14-15,17,22H,4-5,8-9H2,1-3H3/t12-,14-,15-,17+,19-/m0/s1. The molecule has 4 heteroatoms. The van der Waals surface area contributed by atoms with Gasteiger partial charge in [0.05, 0.1) is 0 Å². The maximum absolute atomic E-state index is 12.5. The van der Waals surface area contributed by atoms with Crippen molar-refractivity contribution in [2.24, 2.45) is 22.7 Å². The number of aliphatic hydroxyl groups excluding tert-OH is 1. The number of carbonyl (C=O) groups is 2. The Bertz CT molecular complexity index is 656. The number of rotatable bonds is 0. The molecule has 0 spiro atoms. The van der Waals surface area contributed by atoms with Gasteiger partial charge in [-0.05, 0) is 42.1 Å². The number of carbonyl (C=O) groups excluding carboxylic acids is 2. The van der Waals surface area contributed by atoms with Crippen LogP contribution in [-0.2, 0) is 14.3 Å². The van der Waals surface area contributed by atoms with E-state index < -0.39 is 11.5 Å². The molecule has 2 fully saturated rings. The lowest BCUT2D eigenvalue weighted by molar-refractivity contribution is -0.164. The van der Waals surface area contributed by atoms with Crippen molar-refractivity contribution >= 4 is 11.8 Å². The lowest BCUT2D eigenvalue weighted by Gasteiger charge is -2.59. The largest absolute Gasteiger partial charge is 0.454 e. The number of ether oxygens (including phenoxy) is 1. The molecule has 5 atom stereocenters. The topological polar surface area (TPSA) is 63.6 Å². The lowest BCUT2D eigenvalue weighted by atomic mass is 9.45. The van der Waals surface area contributed by atoms with Crippen molar-refractivity contribution < 1.29 is 19.4 Å². The van der Waals surface area contributed by atoms with Crippen molar-refractivity contribution in [2.45, 2.75) is 58.7 Å². The van der Waals surface area contributed by atoms with Crippen LogP contribution in [0.4, 0.5) is 0 Å². The quantitative estimate of drug-likeness (QED) is 0.698. The highest BCUT2D eigenvalue weighted by Crippen LogP contribution is 2.62. The number of fused-ring (bicyclic) bond motifs is 4. The van der Waals surface area contributed by atoms with Gasteiger partial charge in [-0.15, -0.1) is 0 Å². The molecule has 3 aliphatic carbocycles. The fraction of sp³-hybridized carbons (Fsp3) is 0.684. The molecule has 1 aliphatic heterocycles. The zero-order valence-corrected chi connectivity index (χ0v) is 14.0. The summed E-state index contributed by atoms with van der Waals surface area (Å²) in [6, 6.07) is 0. The molecule has 0 radical (unpaired) electrons. The van der Waals surface area contributed by atoms with Crippen molar-refractivity contribution in [1.82, 2.24) is 0 Å². The predicted molar refractivity (Wildman–Crippen MR) is 84.4 cm³/mol. The zero-order chi connectivity index (χ0) is 16.6. The molecule has 0 bridgehead atoms. The summed E-state index contributed by atoms with van der Waals surface area (Å²) in [6.07, 6.45) is 5.87. The third kappa shape index (κ3) is 1.94. The molecule has 2 saturated carbocycles. The van der Waals surface area contributed by atoms with Gasteiger partial charge in [-0.25, -0.2) is 4.79 Å². The first kappa shape index (κ1) is 15.1. The van der Waals surface area contributed by atoms with Crippen LogP contribution in [0, 0.1) is 22.7 Å². The molecule has 1 N–H and O–H groups in total. The van der Waals surface area contributed by atoms with E-state index in [1.54, 1.807) is 6.08 Å². The van der Waals surface area contributed by atoms with E-state index in [9.17, 15) is 14.7 Å². The number of allylic oxidation sites excluding steroid dienone is 1. The number of aliphatic hydroxyl groups is 1. The van der Waals surface area contributed by atoms with Crippen LogP contribution in [0.1, 0.15) is 46.5 Å². The fourth-order valence-corrected chi connectivity index (χ4v) is 5.84. The molecule has 0 aromatic rings. The van der Waals surface area contributed by atoms with Gasteiger partial charge in [0, 0.05) is 17.9 Å². The highest BCUT2D eigenvalue weighted by Gasteiger charge is 2.60. The second kappa shape index (κ2) is 4.56. The van der Waals surface area contributed by atoms with Gasteiger partial charge in [0.1, 0.15) is 12.2 Å². The van der Waals surface area contributed by atoms with E-state index in [1.807, 2.05) is 13.8 Å². The van der Waals surface area contributed by atoms with E-state index in [1.165, 1.54) is 5.57 Å². The summed E-state index contributed by atoms with van der Waals surface area (Å²) in [5.74, 6) is 0.259. The second-order valence-corrected chi connectivity index (χ2v) is 8.54. The normalized spacial score (nSPS) is 44.5. The monoisotopic (exact) mass is 316 g/mol. The van der Waals surface area contributed by atoms with E-state index in [0.29, 0.717) is 12.3 Å². The van der Waals surface area contributed by atoms with Crippen molar-refractivity contribution in [2.75, 3.05) is 0 Å². The minimum Gasteiger partial charge on any atom is -0.454 e. The van der Waals surface area contributed by atoms with Crippen LogP contribution in [0.2, 0.25) is 0 Å². The summed E-state index contributed by atoms with van der Waals surface area (Å²) in [5.41, 5.74) is 1.77. The van der Waals surface area contributed by atoms with Crippen LogP contribution in [0.15, 0.2) is 23.3 Å². The maximum atomic E-state index is 12.5. The first-order chi connectivity index (χ1) is 10.7. The van der Waals surface area contributed by atoms with E-state index in [0.717, 1.165) is 24.8 Å². The number of Topliss-reactive ketones (excluding diaryl/α,β-unsaturated/α-hetero) is 1. The molecule has 4 aliphatic rings. The molecular weight excluding hydrogens is 292 g/mol. The molecule has 0 unspecified atom stereocenters. The van der Waals surface area contributed by atoms with E-state index in [4.69, 9.17) is 4.74 Å². The van der Waals surface area contributed by atoms with Crippen molar-refractivity contribution in [3.05, 3.63) is 23.3 Å². The smallest absolute Gasteiger partial charge is 0.331 e. The average molecular weight is 316 g/mol. The summed E-state index contributed by atoms with van der Waals surface area (Å²) >= 11 is 0. The Hall–Kier alpha value is -1.42. The molecule has 0 aromatic heterocycles. The van der Waals surface area contributed by atoms with Gasteiger partial charge >= 0.3 is 5.97 Å². The third-order valence-electron chi connectivity index (χ3n) is 6.94. The Balaban J connectivity index is 1.75. The number of hydrogen-bond acceptors (Lipinski definition) is 4. The molecular formula is C19H24O4. The molecule has 4 nitrogen and oxygen atoms in total. The molecule has 4 rings (SSSR count). The van der Waals surface area contributed by atoms with E-state index in [-0.39, 0.29) is 29.2 Å². The minimum absolute atomic E-state index is 0.0419. The van der Waals surface area contributed by atoms with Gasteiger partial charge in [-0.1, -0.05) is 32.4 Å². The van der Waals surface area contributed by atoms with Crippen LogP contribution in [0.25, 0.3) is 0 Å². The summed E-state index contributed by atoms with van der Waals surface area (Å²) in [4.78, 5) is 24.0. The second-order valence-electron chi connectivity index (χ2n) is 8.54. The molecule has 124 valence electrons. The first-order valence-electron chi connectivity index (χ1n) is 8.57. The van der Waals surface area contributed by atoms with Crippen molar-refractivity contribution in [1.29, 1.82) is 0 Å². The summed E-state index contributed by atoms with van der Waals surface area (Å²) in [7, 11) is 0. The Morgan fingerprint density at radius 3 is 2.70 bits per heavy atom. The summed E-state index contributed by atoms with van der Waals surface area (Å²) < 4.78 is 5.43. The zero-order valence-electron chi connectivity index (χ0n) is 14.0. The van der Waals surface area contributed by atoms with Crippen molar-refractivity contribution in [3.63, 3.8) is 0 Å². The Morgan fingerprint density at radius 2 is 1.96 bits per heavy atom. The lowest BCUT2D eigenvalue weighted by Crippen LogP contribution is -2.59. The van der Waals surface area contributed by atoms with Gasteiger partial charge in [-0.2, -0.15) is 0 Å². The van der Waals surface area contributed by atoms with Crippen LogP contribution in [0.3, 0.4) is 0 Å². The first-order valence-corrected chi connectivity index (χ1v) is 8.57. The van der Waals surface area contributed by atoms with Gasteiger partial charge in [0.2, 0.25) is 0 Å². The Labute approximate surface area is 136 Å². The SMILES string of the molecule is CC1(C)[C@H](O)C(=O)C[C@@]2(C)[C@H]3C[C@@H]4OC(=O)C=C4C=C3CC[C@@H]12. The number of ketones is 1. The fourth-order valence-electron chi connectivity index (χ4n) is 5.84. The van der Waals surface area contributed by atoms with Crippen LogP contribution in [-0.4, -0.2) is 29.1 Å². The minimum atomic E-state index is -0.866. The maximum Gasteiger partial charge on any atom is 0.331 e. The van der Waals surface area contributed by atoms with Crippen LogP contribution in [0.5, 0.6) is 0 Å². The Kier molecular flexibility index (Phi) is 3.00. The van der Waals surface area contributed by atoms with Crippen LogP contribution >= 0.6 is 0 Å². The highest BCUT2D eigenvalue weighted by molar-refractivity contribution is 5.87. The molecule has 0 aromatic carbocycles. The van der Waals surface area contributed by atoms with E-state index in [2.05, 4.69) is 13.0 Å². The summed E-state index contributed by atoms with van der Waals surface area (Å²) in [5, 5.41) is 10.4. The van der Waals surface area contributed by atoms with Crippen molar-refractivity contribution in [3.8, 4) is 0 Å². The molecule has 1 heterocycles. The molecule has 23 heavy (non-hydrogen) atoms. The van der Waals surface area contributed by atoms with Gasteiger partial charge in [0.15, 0.2) is 5.78 Å². The molecule has 0 amide bonds. The van der Waals surface area contributed by atoms with Gasteiger partial charge in [-0.3, -0.25) is 4.79 Å². The molecule has 0 saturated heterocycles. The Morgan fingerprint density at radius 1 is 1.22 bits per heavy atom. The van der Waals surface area contributed by atoms with E-state index >= 15 is 0 Å². The summed E-state index contributed by atoms with van der Waals surface area (Å²) in [6.45, 7) is 6.25. The van der Waals surface area contributed by atoms with Gasteiger partial charge in [0.25, 0.3) is 0 Å². The predicted octanol–water partition coefficient (Wildman–Crippen LogP) is 2.56. The van der Waals surface area contributed by atoms with Crippen LogP contribution < -0.4 is 0 Å². The third-order valence-corrected chi connectivity index (χ3v) is 6.94. The average Bonchev–Trinajstić information content (AvgIpc) is 2.82. The van der Waals surface area contributed by atoms with Gasteiger partial charge < -0.3 is 9.84 Å². The highest BCUT2D eigenvalue weighted by atomic mass is 16.5.